The minimum Gasteiger partial charge on any atom is -0.497 e. The highest BCUT2D eigenvalue weighted by atomic mass is 16.5. The van der Waals surface area contributed by atoms with Crippen LogP contribution in [-0.2, 0) is 4.79 Å². The molecule has 0 radical (unpaired) electrons. The first kappa shape index (κ1) is 22.3. The number of aromatic nitrogens is 2. The fraction of sp³-hybridized carbons (Fsp3) is 0.269. The Morgan fingerprint density at radius 3 is 2.45 bits per heavy atom. The van der Waals surface area contributed by atoms with Crippen molar-refractivity contribution in [3.8, 4) is 28.2 Å². The van der Waals surface area contributed by atoms with E-state index in [1.165, 1.54) is 6.33 Å². The number of rotatable bonds is 11. The summed E-state index contributed by atoms with van der Waals surface area (Å²) in [5.74, 6) is 1.51. The highest BCUT2D eigenvalue weighted by Crippen LogP contribution is 2.42. The number of nitrogens with zero attached hydrogens (tertiary/aromatic N) is 2. The summed E-state index contributed by atoms with van der Waals surface area (Å²) in [5, 5.41) is 13.0. The number of benzene rings is 2. The second kappa shape index (κ2) is 10.6. The van der Waals surface area contributed by atoms with E-state index in [-0.39, 0.29) is 6.42 Å². The van der Waals surface area contributed by atoms with Crippen molar-refractivity contribution in [1.29, 1.82) is 0 Å². The Balaban J connectivity index is 1.64. The molecule has 0 bridgehead atoms. The summed E-state index contributed by atoms with van der Waals surface area (Å²) >= 11 is 0. The number of anilines is 1. The van der Waals surface area contributed by atoms with Gasteiger partial charge in [0.05, 0.1) is 12.5 Å². The third kappa shape index (κ3) is 5.31. The van der Waals surface area contributed by atoms with Gasteiger partial charge in [0.2, 0.25) is 5.71 Å². The molecule has 0 amide bonds. The molecule has 7 nitrogen and oxygen atoms in total. The minimum absolute atomic E-state index is 0.225. The summed E-state index contributed by atoms with van der Waals surface area (Å²) in [7, 11) is 1.65. The molecule has 0 saturated heterocycles. The van der Waals surface area contributed by atoms with Crippen LogP contribution in [-0.4, -0.2) is 34.7 Å². The summed E-state index contributed by atoms with van der Waals surface area (Å²) < 4.78 is 11.6. The summed E-state index contributed by atoms with van der Waals surface area (Å²) in [6.07, 6.45) is 5.22. The van der Waals surface area contributed by atoms with Gasteiger partial charge in [0, 0.05) is 24.1 Å². The number of carboxylic acid groups (broad SMARTS) is 1. The van der Waals surface area contributed by atoms with Gasteiger partial charge in [-0.15, -0.1) is 0 Å². The van der Waals surface area contributed by atoms with E-state index in [2.05, 4.69) is 15.3 Å². The largest absolute Gasteiger partial charge is 0.497 e. The number of furan rings is 1. The molecule has 0 atom stereocenters. The maximum atomic E-state index is 10.6. The zero-order valence-corrected chi connectivity index (χ0v) is 18.6. The Labute approximate surface area is 192 Å². The van der Waals surface area contributed by atoms with E-state index < -0.39 is 5.97 Å². The summed E-state index contributed by atoms with van der Waals surface area (Å²) in [5.41, 5.74) is 3.41. The first-order valence-electron chi connectivity index (χ1n) is 11.1. The highest BCUT2D eigenvalue weighted by molar-refractivity contribution is 6.05. The SMILES string of the molecule is COc1ccc(-c2c(-c3ccccc3)oc3ncnc(NCCCCCCC(=O)O)c23)cc1. The van der Waals surface area contributed by atoms with E-state index in [0.717, 1.165) is 65.2 Å². The van der Waals surface area contributed by atoms with Crippen LogP contribution in [0.15, 0.2) is 65.3 Å². The molecule has 2 aromatic carbocycles. The van der Waals surface area contributed by atoms with E-state index in [1.807, 2.05) is 54.6 Å². The number of carbonyl (C=O) groups is 1. The van der Waals surface area contributed by atoms with Crippen LogP contribution in [0.5, 0.6) is 5.75 Å². The Hall–Kier alpha value is -3.87. The number of ether oxygens (including phenoxy) is 1. The third-order valence-corrected chi connectivity index (χ3v) is 5.51. The van der Waals surface area contributed by atoms with E-state index in [0.29, 0.717) is 12.1 Å². The smallest absolute Gasteiger partial charge is 0.303 e. The molecule has 4 rings (SSSR count). The lowest BCUT2D eigenvalue weighted by molar-refractivity contribution is -0.137. The average molecular weight is 446 g/mol. The number of hydrogen-bond acceptors (Lipinski definition) is 6. The normalized spacial score (nSPS) is 10.9. The van der Waals surface area contributed by atoms with Gasteiger partial charge < -0.3 is 19.6 Å². The Morgan fingerprint density at radius 2 is 1.73 bits per heavy atom. The number of hydrogen-bond donors (Lipinski definition) is 2. The van der Waals surface area contributed by atoms with Gasteiger partial charge in [-0.2, -0.15) is 0 Å². The number of nitrogens with one attached hydrogen (secondary N) is 1. The molecule has 0 saturated carbocycles. The zero-order chi connectivity index (χ0) is 23.0. The van der Waals surface area contributed by atoms with Crippen LogP contribution in [0.2, 0.25) is 0 Å². The monoisotopic (exact) mass is 445 g/mol. The predicted molar refractivity (Wildman–Crippen MR) is 128 cm³/mol. The van der Waals surface area contributed by atoms with E-state index >= 15 is 0 Å². The van der Waals surface area contributed by atoms with Crippen molar-refractivity contribution < 1.29 is 19.1 Å². The third-order valence-electron chi connectivity index (χ3n) is 5.51. The highest BCUT2D eigenvalue weighted by Gasteiger charge is 2.22. The van der Waals surface area contributed by atoms with Crippen molar-refractivity contribution in [2.24, 2.45) is 0 Å². The van der Waals surface area contributed by atoms with Crippen LogP contribution in [0, 0.1) is 0 Å². The molecule has 170 valence electrons. The van der Waals surface area contributed by atoms with Gasteiger partial charge in [-0.25, -0.2) is 9.97 Å². The van der Waals surface area contributed by atoms with Gasteiger partial charge in [0.1, 0.15) is 23.7 Å². The Kier molecular flexibility index (Phi) is 7.19. The molecule has 33 heavy (non-hydrogen) atoms. The fourth-order valence-electron chi connectivity index (χ4n) is 3.85. The van der Waals surface area contributed by atoms with E-state index in [1.54, 1.807) is 7.11 Å². The van der Waals surface area contributed by atoms with E-state index in [4.69, 9.17) is 14.3 Å². The van der Waals surface area contributed by atoms with Crippen molar-refractivity contribution in [2.75, 3.05) is 19.0 Å². The number of methoxy groups -OCH3 is 1. The van der Waals surface area contributed by atoms with Crippen LogP contribution in [0.1, 0.15) is 32.1 Å². The molecule has 0 aliphatic rings. The molecule has 0 spiro atoms. The first-order chi connectivity index (χ1) is 16.2. The molecule has 2 aromatic heterocycles. The topological polar surface area (TPSA) is 97.5 Å². The molecular formula is C26H27N3O4. The van der Waals surface area contributed by atoms with Gasteiger partial charge in [0.25, 0.3) is 0 Å². The summed E-state index contributed by atoms with van der Waals surface area (Å²) in [6, 6.07) is 17.8. The van der Waals surface area contributed by atoms with Gasteiger partial charge in [-0.05, 0) is 30.5 Å². The average Bonchev–Trinajstić information content (AvgIpc) is 3.24. The van der Waals surface area contributed by atoms with Crippen molar-refractivity contribution in [3.63, 3.8) is 0 Å². The van der Waals surface area contributed by atoms with Crippen LogP contribution >= 0.6 is 0 Å². The lowest BCUT2D eigenvalue weighted by Gasteiger charge is -2.09. The van der Waals surface area contributed by atoms with E-state index in [9.17, 15) is 4.79 Å². The number of fused-ring (bicyclic) bond motifs is 1. The van der Waals surface area contributed by atoms with Crippen LogP contribution < -0.4 is 10.1 Å². The van der Waals surface area contributed by atoms with Gasteiger partial charge in [-0.3, -0.25) is 4.79 Å². The van der Waals surface area contributed by atoms with Crippen molar-refractivity contribution in [2.45, 2.75) is 32.1 Å². The maximum absolute atomic E-state index is 10.6. The second-order valence-corrected chi connectivity index (χ2v) is 7.79. The van der Waals surface area contributed by atoms with Crippen LogP contribution in [0.4, 0.5) is 5.82 Å². The fourth-order valence-corrected chi connectivity index (χ4v) is 3.85. The minimum atomic E-state index is -0.739. The second-order valence-electron chi connectivity index (χ2n) is 7.79. The molecule has 2 N–H and O–H groups in total. The Morgan fingerprint density at radius 1 is 0.970 bits per heavy atom. The van der Waals surface area contributed by atoms with Crippen molar-refractivity contribution >= 4 is 22.9 Å². The predicted octanol–water partition coefficient (Wildman–Crippen LogP) is 6.01. The van der Waals surface area contributed by atoms with Crippen molar-refractivity contribution in [3.05, 3.63) is 60.9 Å². The summed E-state index contributed by atoms with van der Waals surface area (Å²) in [6.45, 7) is 0.729. The summed E-state index contributed by atoms with van der Waals surface area (Å²) in [4.78, 5) is 19.5. The van der Waals surface area contributed by atoms with Crippen LogP contribution in [0.3, 0.4) is 0 Å². The van der Waals surface area contributed by atoms with Gasteiger partial charge in [0.15, 0.2) is 0 Å². The number of aliphatic carboxylic acids is 1. The van der Waals surface area contributed by atoms with Crippen molar-refractivity contribution in [1.82, 2.24) is 9.97 Å². The molecular weight excluding hydrogens is 418 g/mol. The standard InChI is InChI=1S/C26H27N3O4/c1-32-20-14-12-18(13-15-20)22-23-25(27-16-8-3-2-7-11-21(30)31)28-17-29-26(23)33-24(22)19-9-5-4-6-10-19/h4-6,9-10,12-15,17H,2-3,7-8,11,16H2,1H3,(H,30,31)(H,27,28,29). The molecule has 2 heterocycles. The zero-order valence-electron chi connectivity index (χ0n) is 18.6. The molecule has 0 unspecified atom stereocenters. The molecule has 0 fully saturated rings. The first-order valence-corrected chi connectivity index (χ1v) is 11.1. The van der Waals surface area contributed by atoms with Crippen LogP contribution in [0.25, 0.3) is 33.6 Å². The molecule has 7 heteroatoms. The molecule has 4 aromatic rings. The quantitative estimate of drug-likeness (QED) is 0.273. The lowest BCUT2D eigenvalue weighted by Crippen LogP contribution is -2.04. The maximum Gasteiger partial charge on any atom is 0.303 e. The number of carboxylic acids is 1. The molecule has 0 aliphatic carbocycles. The number of unbranched alkanes of at least 4 members (excludes halogenated alkanes) is 3. The van der Waals surface area contributed by atoms with Gasteiger partial charge in [-0.1, -0.05) is 55.3 Å². The van der Waals surface area contributed by atoms with Gasteiger partial charge >= 0.3 is 5.97 Å². The molecule has 0 aliphatic heterocycles. The lowest BCUT2D eigenvalue weighted by atomic mass is 9.99. The Bertz CT molecular complexity index is 1200.